The van der Waals surface area contributed by atoms with Gasteiger partial charge in [-0.1, -0.05) is 57.9 Å². The second-order valence-corrected chi connectivity index (χ2v) is 7.85. The first-order chi connectivity index (χ1) is 10.0. The Kier molecular flexibility index (Phi) is 7.86. The van der Waals surface area contributed by atoms with E-state index in [-0.39, 0.29) is 30.2 Å². The summed E-state index contributed by atoms with van der Waals surface area (Å²) < 4.78 is 0. The van der Waals surface area contributed by atoms with Crippen molar-refractivity contribution in [3.8, 4) is 0 Å². The summed E-state index contributed by atoms with van der Waals surface area (Å²) in [6.07, 6.45) is 4.25. The summed E-state index contributed by atoms with van der Waals surface area (Å²) in [6.45, 7) is 11.5. The van der Waals surface area contributed by atoms with Gasteiger partial charge in [0.15, 0.2) is 0 Å². The molecule has 1 heterocycles. The Morgan fingerprint density at radius 3 is 2.09 bits per heavy atom. The van der Waals surface area contributed by atoms with E-state index in [0.29, 0.717) is 6.04 Å². The monoisotopic (exact) mass is 358 g/mol. The molecule has 0 bridgehead atoms. The van der Waals surface area contributed by atoms with E-state index in [2.05, 4.69) is 55.3 Å². The van der Waals surface area contributed by atoms with Crippen LogP contribution in [0.25, 0.3) is 0 Å². The molecule has 132 valence electrons. The largest absolute Gasteiger partial charge is 0.314 e. The van der Waals surface area contributed by atoms with Crippen LogP contribution in [-0.4, -0.2) is 31.1 Å². The highest BCUT2D eigenvalue weighted by Gasteiger charge is 2.30. The lowest BCUT2D eigenvalue weighted by molar-refractivity contribution is 0.160. The molecular formula is C19H32Cl2N2. The van der Waals surface area contributed by atoms with Crippen LogP contribution in [0.5, 0.6) is 0 Å². The average molecular weight is 359 g/mol. The quantitative estimate of drug-likeness (QED) is 0.847. The minimum absolute atomic E-state index is 0. The summed E-state index contributed by atoms with van der Waals surface area (Å²) >= 11 is 0. The normalized spacial score (nSPS) is 20.3. The second-order valence-electron chi connectivity index (χ2n) is 7.85. The Bertz CT molecular complexity index is 457. The van der Waals surface area contributed by atoms with Gasteiger partial charge in [-0.2, -0.15) is 0 Å². The van der Waals surface area contributed by atoms with Crippen molar-refractivity contribution in [2.45, 2.75) is 51.5 Å². The molecule has 2 nitrogen and oxygen atoms in total. The van der Waals surface area contributed by atoms with Crippen LogP contribution in [-0.2, 0) is 5.41 Å². The summed E-state index contributed by atoms with van der Waals surface area (Å²) in [6, 6.07) is 10.1. The fourth-order valence-corrected chi connectivity index (χ4v) is 3.36. The number of hydrogen-bond acceptors (Lipinski definition) is 2. The van der Waals surface area contributed by atoms with Gasteiger partial charge in [0.25, 0.3) is 0 Å². The van der Waals surface area contributed by atoms with Gasteiger partial charge < -0.3 is 5.32 Å². The predicted octanol–water partition coefficient (Wildman–Crippen LogP) is 4.57. The molecule has 2 fully saturated rings. The van der Waals surface area contributed by atoms with Crippen molar-refractivity contribution >= 4 is 24.8 Å². The van der Waals surface area contributed by atoms with Crippen molar-refractivity contribution in [1.29, 1.82) is 0 Å². The van der Waals surface area contributed by atoms with E-state index >= 15 is 0 Å². The maximum atomic E-state index is 3.48. The van der Waals surface area contributed by atoms with Crippen LogP contribution >= 0.6 is 24.8 Å². The lowest BCUT2D eigenvalue weighted by Crippen LogP contribution is -2.45. The molecule has 23 heavy (non-hydrogen) atoms. The van der Waals surface area contributed by atoms with Gasteiger partial charge in [-0.3, -0.25) is 4.90 Å². The Labute approximate surface area is 154 Å². The SMILES string of the molecule is CC(C)(C)c1ccc([C@H](CC2CC2)N2CCNCC2)cc1.Cl.Cl. The molecule has 1 saturated heterocycles. The highest BCUT2D eigenvalue weighted by Crippen LogP contribution is 2.40. The summed E-state index contributed by atoms with van der Waals surface area (Å²) in [5.41, 5.74) is 3.22. The van der Waals surface area contributed by atoms with E-state index in [1.165, 1.54) is 43.5 Å². The molecule has 0 spiro atoms. The Hall–Kier alpha value is -0.280. The standard InChI is InChI=1S/C19H30N2.2ClH/c1-19(2,3)17-8-6-16(7-9-17)18(14-15-4-5-15)21-12-10-20-11-13-21;;/h6-9,15,18,20H,4-5,10-14H2,1-3H3;2*1H/t18-;;/m0../s1. The van der Waals surface area contributed by atoms with Crippen molar-refractivity contribution in [3.05, 3.63) is 35.4 Å². The van der Waals surface area contributed by atoms with E-state index in [4.69, 9.17) is 0 Å². The third-order valence-electron chi connectivity index (χ3n) is 5.01. The van der Waals surface area contributed by atoms with Gasteiger partial charge in [0.1, 0.15) is 0 Å². The maximum absolute atomic E-state index is 3.48. The smallest absolute Gasteiger partial charge is 0.0351 e. The summed E-state index contributed by atoms with van der Waals surface area (Å²) in [4.78, 5) is 2.70. The number of nitrogens with zero attached hydrogens (tertiary/aromatic N) is 1. The molecule has 1 aromatic carbocycles. The molecule has 1 saturated carbocycles. The average Bonchev–Trinajstić information content (AvgIpc) is 3.29. The zero-order valence-corrected chi connectivity index (χ0v) is 16.3. The van der Waals surface area contributed by atoms with Crippen LogP contribution in [0, 0.1) is 5.92 Å². The van der Waals surface area contributed by atoms with E-state index in [1.807, 2.05) is 0 Å². The Morgan fingerprint density at radius 2 is 1.61 bits per heavy atom. The number of hydrogen-bond donors (Lipinski definition) is 1. The van der Waals surface area contributed by atoms with Crippen LogP contribution in [0.3, 0.4) is 0 Å². The van der Waals surface area contributed by atoms with E-state index in [9.17, 15) is 0 Å². The Balaban J connectivity index is 0.00000132. The number of halogens is 2. The first-order valence-corrected chi connectivity index (χ1v) is 8.59. The van der Waals surface area contributed by atoms with Gasteiger partial charge in [0.05, 0.1) is 0 Å². The number of benzene rings is 1. The molecule has 4 heteroatoms. The van der Waals surface area contributed by atoms with Gasteiger partial charge >= 0.3 is 0 Å². The molecule has 0 aromatic heterocycles. The fraction of sp³-hybridized carbons (Fsp3) is 0.684. The van der Waals surface area contributed by atoms with Gasteiger partial charge in [-0.05, 0) is 28.9 Å². The summed E-state index contributed by atoms with van der Waals surface area (Å²) in [5.74, 6) is 0.979. The second kappa shape index (κ2) is 8.71. The molecule has 1 N–H and O–H groups in total. The van der Waals surface area contributed by atoms with Crippen molar-refractivity contribution in [1.82, 2.24) is 10.2 Å². The molecule has 3 rings (SSSR count). The minimum Gasteiger partial charge on any atom is -0.314 e. The number of nitrogens with one attached hydrogen (secondary N) is 1. The van der Waals surface area contributed by atoms with Crippen LogP contribution in [0.1, 0.15) is 57.2 Å². The molecule has 1 aliphatic heterocycles. The van der Waals surface area contributed by atoms with E-state index < -0.39 is 0 Å². The van der Waals surface area contributed by atoms with Gasteiger partial charge in [-0.15, -0.1) is 24.8 Å². The number of rotatable bonds is 4. The fourth-order valence-electron chi connectivity index (χ4n) is 3.36. The van der Waals surface area contributed by atoms with Crippen molar-refractivity contribution in [3.63, 3.8) is 0 Å². The lowest BCUT2D eigenvalue weighted by atomic mass is 9.85. The third kappa shape index (κ3) is 5.63. The van der Waals surface area contributed by atoms with E-state index in [0.717, 1.165) is 19.0 Å². The van der Waals surface area contributed by atoms with Gasteiger partial charge in [-0.25, -0.2) is 0 Å². The van der Waals surface area contributed by atoms with Crippen LogP contribution < -0.4 is 5.32 Å². The zero-order chi connectivity index (χ0) is 14.9. The van der Waals surface area contributed by atoms with Crippen molar-refractivity contribution in [2.75, 3.05) is 26.2 Å². The van der Waals surface area contributed by atoms with Gasteiger partial charge in [0.2, 0.25) is 0 Å². The van der Waals surface area contributed by atoms with Crippen LogP contribution in [0.2, 0.25) is 0 Å². The molecule has 0 unspecified atom stereocenters. The van der Waals surface area contributed by atoms with Crippen molar-refractivity contribution in [2.24, 2.45) is 5.92 Å². The molecule has 0 radical (unpaired) electrons. The zero-order valence-electron chi connectivity index (χ0n) is 14.7. The maximum Gasteiger partial charge on any atom is 0.0351 e. The topological polar surface area (TPSA) is 15.3 Å². The lowest BCUT2D eigenvalue weighted by Gasteiger charge is -2.35. The van der Waals surface area contributed by atoms with Crippen LogP contribution in [0.4, 0.5) is 0 Å². The number of piperazine rings is 1. The van der Waals surface area contributed by atoms with E-state index in [1.54, 1.807) is 0 Å². The minimum atomic E-state index is 0. The highest BCUT2D eigenvalue weighted by atomic mass is 35.5. The van der Waals surface area contributed by atoms with Crippen molar-refractivity contribution < 1.29 is 0 Å². The molecule has 1 atom stereocenters. The molecule has 1 aromatic rings. The summed E-state index contributed by atoms with van der Waals surface area (Å²) in [5, 5.41) is 3.48. The highest BCUT2D eigenvalue weighted by molar-refractivity contribution is 5.85. The third-order valence-corrected chi connectivity index (χ3v) is 5.01. The summed E-state index contributed by atoms with van der Waals surface area (Å²) in [7, 11) is 0. The van der Waals surface area contributed by atoms with Gasteiger partial charge in [0, 0.05) is 32.2 Å². The first kappa shape index (κ1) is 20.8. The predicted molar refractivity (Wildman–Crippen MR) is 104 cm³/mol. The van der Waals surface area contributed by atoms with Crippen LogP contribution in [0.15, 0.2) is 24.3 Å². The first-order valence-electron chi connectivity index (χ1n) is 8.59. The molecule has 0 amide bonds. The molecular weight excluding hydrogens is 327 g/mol. The Morgan fingerprint density at radius 1 is 1.04 bits per heavy atom. The molecule has 1 aliphatic carbocycles. The molecule has 2 aliphatic rings.